The molecule has 9 heteroatoms. The van der Waals surface area contributed by atoms with E-state index in [0.29, 0.717) is 18.0 Å². The predicted molar refractivity (Wildman–Crippen MR) is 123 cm³/mol. The van der Waals surface area contributed by atoms with E-state index >= 15 is 0 Å². The normalized spacial score (nSPS) is 21.3. The lowest BCUT2D eigenvalue weighted by Gasteiger charge is -2.40. The molecule has 1 aliphatic rings. The van der Waals surface area contributed by atoms with E-state index in [1.165, 1.54) is 12.1 Å². The van der Waals surface area contributed by atoms with Gasteiger partial charge in [-0.05, 0) is 75.0 Å². The maximum Gasteiger partial charge on any atom is 0.414 e. The van der Waals surface area contributed by atoms with Crippen molar-refractivity contribution in [3.63, 3.8) is 0 Å². The van der Waals surface area contributed by atoms with Gasteiger partial charge in [0.25, 0.3) is 0 Å². The maximum atomic E-state index is 13.7. The second-order valence-electron chi connectivity index (χ2n) is 9.46. The van der Waals surface area contributed by atoms with Crippen LogP contribution in [0.2, 0.25) is 5.02 Å². The first-order valence-electron chi connectivity index (χ1n) is 10.7. The standard InChI is InChI=1S/C24H29ClF3NO3S/c1-22(2,18-6-8-19(25)9-7-18)29-15-14-23(16-29,21(30)24(26,27)28)13-12-17-4-10-20(11-5-17)33(3,31)32/h4-11,21,30H,12-16H2,1-3H3/t21?,23-/m0/s1. The average molecular weight is 504 g/mol. The third kappa shape index (κ3) is 5.73. The lowest BCUT2D eigenvalue weighted by Crippen LogP contribution is -2.49. The molecule has 2 atom stereocenters. The first-order valence-corrected chi connectivity index (χ1v) is 13.0. The molecule has 4 nitrogen and oxygen atoms in total. The maximum absolute atomic E-state index is 13.7. The van der Waals surface area contributed by atoms with E-state index in [9.17, 15) is 26.7 Å². The molecule has 0 radical (unpaired) electrons. The zero-order valence-corrected chi connectivity index (χ0v) is 20.4. The monoisotopic (exact) mass is 503 g/mol. The fourth-order valence-corrected chi connectivity index (χ4v) is 5.38. The summed E-state index contributed by atoms with van der Waals surface area (Å²) in [4.78, 5) is 2.14. The number of nitrogens with zero attached hydrogens (tertiary/aromatic N) is 1. The van der Waals surface area contributed by atoms with E-state index in [0.717, 1.165) is 17.4 Å². The Morgan fingerprint density at radius 2 is 1.67 bits per heavy atom. The molecule has 2 aromatic rings. The van der Waals surface area contributed by atoms with Gasteiger partial charge in [0.05, 0.1) is 4.90 Å². The molecule has 33 heavy (non-hydrogen) atoms. The highest BCUT2D eigenvalue weighted by molar-refractivity contribution is 7.90. The highest BCUT2D eigenvalue weighted by Crippen LogP contribution is 2.47. The Kier molecular flexibility index (Phi) is 7.26. The molecule has 0 amide bonds. The Morgan fingerprint density at radius 1 is 1.09 bits per heavy atom. The van der Waals surface area contributed by atoms with Gasteiger partial charge in [-0.1, -0.05) is 35.9 Å². The Morgan fingerprint density at radius 3 is 2.18 bits per heavy atom. The van der Waals surface area contributed by atoms with Gasteiger partial charge < -0.3 is 5.11 Å². The van der Waals surface area contributed by atoms with Crippen molar-refractivity contribution in [3.05, 3.63) is 64.7 Å². The molecule has 1 saturated heterocycles. The smallest absolute Gasteiger partial charge is 0.383 e. The summed E-state index contributed by atoms with van der Waals surface area (Å²) < 4.78 is 64.4. The average Bonchev–Trinajstić information content (AvgIpc) is 3.17. The number of hydrogen-bond acceptors (Lipinski definition) is 4. The number of sulfone groups is 1. The van der Waals surface area contributed by atoms with Crippen LogP contribution in [0.4, 0.5) is 13.2 Å². The van der Waals surface area contributed by atoms with E-state index in [4.69, 9.17) is 11.6 Å². The molecule has 1 unspecified atom stereocenters. The van der Waals surface area contributed by atoms with Gasteiger partial charge in [0.15, 0.2) is 15.9 Å². The first kappa shape index (κ1) is 26.0. The molecular formula is C24H29ClF3NO3S. The third-order valence-corrected chi connectivity index (χ3v) is 8.26. The number of likely N-dealkylation sites (tertiary alicyclic amines) is 1. The van der Waals surface area contributed by atoms with Crippen molar-refractivity contribution in [2.45, 2.75) is 55.8 Å². The van der Waals surface area contributed by atoms with Crippen LogP contribution in [0.3, 0.4) is 0 Å². The van der Waals surface area contributed by atoms with E-state index in [1.54, 1.807) is 24.3 Å². The molecule has 3 rings (SSSR count). The summed E-state index contributed by atoms with van der Waals surface area (Å²) in [7, 11) is -3.35. The minimum absolute atomic E-state index is 0.0880. The van der Waals surface area contributed by atoms with Crippen molar-refractivity contribution in [3.8, 4) is 0 Å². The van der Waals surface area contributed by atoms with Gasteiger partial charge in [0.1, 0.15) is 0 Å². The molecule has 1 heterocycles. The van der Waals surface area contributed by atoms with Crippen molar-refractivity contribution >= 4 is 21.4 Å². The number of aliphatic hydroxyl groups excluding tert-OH is 1. The van der Waals surface area contributed by atoms with Crippen molar-refractivity contribution < 1.29 is 26.7 Å². The van der Waals surface area contributed by atoms with E-state index in [2.05, 4.69) is 0 Å². The van der Waals surface area contributed by atoms with Crippen LogP contribution in [-0.4, -0.2) is 50.0 Å². The Balaban J connectivity index is 1.84. The van der Waals surface area contributed by atoms with Crippen LogP contribution < -0.4 is 0 Å². The van der Waals surface area contributed by atoms with Gasteiger partial charge in [-0.2, -0.15) is 13.2 Å². The number of alkyl halides is 3. The summed E-state index contributed by atoms with van der Waals surface area (Å²) in [6.45, 7) is 4.41. The van der Waals surface area contributed by atoms with Crippen LogP contribution in [0.5, 0.6) is 0 Å². The van der Waals surface area contributed by atoms with E-state index < -0.39 is 33.1 Å². The van der Waals surface area contributed by atoms with Crippen molar-refractivity contribution in [2.75, 3.05) is 19.3 Å². The fourth-order valence-electron chi connectivity index (χ4n) is 4.62. The zero-order valence-electron chi connectivity index (χ0n) is 18.9. The largest absolute Gasteiger partial charge is 0.414 e. The molecule has 182 valence electrons. The minimum atomic E-state index is -4.74. The molecule has 1 aliphatic heterocycles. The number of benzene rings is 2. The summed E-state index contributed by atoms with van der Waals surface area (Å²) in [6, 6.07) is 13.4. The SMILES string of the molecule is CC(C)(c1ccc(Cl)cc1)N1CC[C@](CCc2ccc(S(C)(=O)=O)cc2)(C(O)C(F)(F)F)C1. The van der Waals surface area contributed by atoms with E-state index in [1.807, 2.05) is 30.9 Å². The van der Waals surface area contributed by atoms with Crippen LogP contribution >= 0.6 is 11.6 Å². The quantitative estimate of drug-likeness (QED) is 0.562. The number of aryl methyl sites for hydroxylation is 1. The van der Waals surface area contributed by atoms with Gasteiger partial charge in [-0.3, -0.25) is 4.90 Å². The van der Waals surface area contributed by atoms with Gasteiger partial charge in [0, 0.05) is 28.8 Å². The Hall–Kier alpha value is -1.61. The predicted octanol–water partition coefficient (Wildman–Crippen LogP) is 5.23. The Bertz CT molecular complexity index is 1070. The molecule has 0 saturated carbocycles. The van der Waals surface area contributed by atoms with Crippen molar-refractivity contribution in [1.82, 2.24) is 4.90 Å². The number of hydrogen-bond donors (Lipinski definition) is 1. The zero-order chi connectivity index (χ0) is 24.7. The third-order valence-electron chi connectivity index (χ3n) is 6.88. The second kappa shape index (κ2) is 9.21. The highest BCUT2D eigenvalue weighted by atomic mass is 35.5. The minimum Gasteiger partial charge on any atom is -0.383 e. The molecule has 0 spiro atoms. The lowest BCUT2D eigenvalue weighted by atomic mass is 9.75. The number of rotatable bonds is 7. The number of halogens is 4. The van der Waals surface area contributed by atoms with E-state index in [-0.39, 0.29) is 24.3 Å². The molecule has 0 bridgehead atoms. The Labute approximate surface area is 198 Å². The molecule has 0 aliphatic carbocycles. The summed E-state index contributed by atoms with van der Waals surface area (Å²) >= 11 is 5.99. The first-order chi connectivity index (χ1) is 15.1. The van der Waals surface area contributed by atoms with Gasteiger partial charge in [-0.15, -0.1) is 0 Å². The van der Waals surface area contributed by atoms with Crippen molar-refractivity contribution in [2.24, 2.45) is 5.41 Å². The summed E-state index contributed by atoms with van der Waals surface area (Å²) in [5, 5.41) is 11.0. The molecule has 1 N–H and O–H groups in total. The van der Waals surface area contributed by atoms with Crippen LogP contribution in [0.1, 0.15) is 37.8 Å². The molecule has 2 aromatic carbocycles. The summed E-state index contributed by atoms with van der Waals surface area (Å²) in [5.41, 5.74) is -0.251. The molecule has 1 fully saturated rings. The fraction of sp³-hybridized carbons (Fsp3) is 0.500. The van der Waals surface area contributed by atoms with Gasteiger partial charge in [-0.25, -0.2) is 8.42 Å². The summed E-state index contributed by atoms with van der Waals surface area (Å²) in [5.74, 6) is 0. The van der Waals surface area contributed by atoms with Crippen LogP contribution in [0, 0.1) is 5.41 Å². The highest BCUT2D eigenvalue weighted by Gasteiger charge is 2.56. The van der Waals surface area contributed by atoms with Crippen LogP contribution in [-0.2, 0) is 21.8 Å². The van der Waals surface area contributed by atoms with Crippen LogP contribution in [0.25, 0.3) is 0 Å². The number of aliphatic hydroxyl groups is 1. The topological polar surface area (TPSA) is 57.6 Å². The molecule has 0 aromatic heterocycles. The van der Waals surface area contributed by atoms with Crippen LogP contribution in [0.15, 0.2) is 53.4 Å². The summed E-state index contributed by atoms with van der Waals surface area (Å²) in [6.07, 6.45) is -5.46. The second-order valence-corrected chi connectivity index (χ2v) is 11.9. The van der Waals surface area contributed by atoms with Gasteiger partial charge >= 0.3 is 6.18 Å². The molecular weight excluding hydrogens is 475 g/mol. The lowest BCUT2D eigenvalue weighted by molar-refractivity contribution is -0.239. The van der Waals surface area contributed by atoms with Crippen molar-refractivity contribution in [1.29, 1.82) is 0 Å². The van der Waals surface area contributed by atoms with Gasteiger partial charge in [0.2, 0.25) is 0 Å².